The number of carbonyl (C=O) groups is 1. The van der Waals surface area contributed by atoms with E-state index in [-0.39, 0.29) is 47.6 Å². The first-order chi connectivity index (χ1) is 20.7. The van der Waals surface area contributed by atoms with Crippen molar-refractivity contribution in [3.63, 3.8) is 0 Å². The van der Waals surface area contributed by atoms with Gasteiger partial charge in [-0.15, -0.1) is 10.2 Å². The second-order valence-electron chi connectivity index (χ2n) is 9.19. The molecule has 2 aromatic carbocycles. The number of fused-ring (bicyclic) bond motifs is 1. The number of benzene rings is 2. The molecule has 0 fully saturated rings. The molecule has 0 radical (unpaired) electrons. The number of ether oxygens (including phenoxy) is 2. The zero-order valence-electron chi connectivity index (χ0n) is 23.0. The lowest BCUT2D eigenvalue weighted by atomic mass is 10.1. The largest absolute Gasteiger partial charge is 0.496 e. The zero-order valence-corrected chi connectivity index (χ0v) is 23.8. The minimum atomic E-state index is -4.22. The first-order valence-electron chi connectivity index (χ1n) is 12.8. The molecular weight excluding hydrogens is 585 g/mol. The van der Waals surface area contributed by atoms with E-state index in [1.807, 2.05) is 6.92 Å². The molecule has 5 aromatic rings. The van der Waals surface area contributed by atoms with Crippen molar-refractivity contribution in [2.75, 3.05) is 11.8 Å². The highest BCUT2D eigenvalue weighted by atomic mass is 32.2. The van der Waals surface area contributed by atoms with Crippen LogP contribution in [0, 0.1) is 0 Å². The van der Waals surface area contributed by atoms with Crippen molar-refractivity contribution >= 4 is 32.7 Å². The summed E-state index contributed by atoms with van der Waals surface area (Å²) in [6.45, 7) is 5.11. The van der Waals surface area contributed by atoms with Crippen molar-refractivity contribution in [1.82, 2.24) is 40.9 Å². The summed E-state index contributed by atoms with van der Waals surface area (Å²) in [6.07, 6.45) is 3.81. The van der Waals surface area contributed by atoms with E-state index in [0.29, 0.717) is 28.7 Å². The molecule has 0 aliphatic carbocycles. The molecule has 5 rings (SSSR count). The highest BCUT2D eigenvalue weighted by Crippen LogP contribution is 2.36. The molecule has 0 aliphatic rings. The number of nitrogens with zero attached hydrogens (tertiary/aromatic N) is 6. The number of amides is 1. The topological polar surface area (TPSA) is 192 Å². The molecule has 0 spiro atoms. The Labute approximate surface area is 244 Å². The number of H-pyrrole nitrogens is 1. The molecule has 1 amide bonds. The number of aromatic nitrogens is 7. The Morgan fingerprint density at radius 2 is 2.02 bits per heavy atom. The van der Waals surface area contributed by atoms with E-state index in [1.54, 1.807) is 35.1 Å². The Kier molecular flexibility index (Phi) is 8.33. The van der Waals surface area contributed by atoms with Gasteiger partial charge < -0.3 is 19.3 Å². The molecular formula is C26H26FN9O6S. The number of halogens is 1. The second-order valence-corrected chi connectivity index (χ2v) is 10.8. The van der Waals surface area contributed by atoms with Gasteiger partial charge >= 0.3 is 0 Å². The van der Waals surface area contributed by atoms with E-state index in [2.05, 4.69) is 47.5 Å². The molecule has 43 heavy (non-hydrogen) atoms. The molecule has 17 heteroatoms. The van der Waals surface area contributed by atoms with Crippen LogP contribution in [0.3, 0.4) is 0 Å². The van der Waals surface area contributed by atoms with E-state index in [4.69, 9.17) is 14.0 Å². The van der Waals surface area contributed by atoms with Crippen LogP contribution in [-0.4, -0.2) is 57.0 Å². The molecule has 0 atom stereocenters. The minimum Gasteiger partial charge on any atom is -0.496 e. The first kappa shape index (κ1) is 29.2. The van der Waals surface area contributed by atoms with Gasteiger partial charge in [-0.25, -0.2) is 12.8 Å². The maximum atomic E-state index is 13.6. The Hall–Kier alpha value is -5.32. The van der Waals surface area contributed by atoms with Gasteiger partial charge in [0.25, 0.3) is 15.9 Å². The second kappa shape index (κ2) is 12.3. The lowest BCUT2D eigenvalue weighted by Crippen LogP contribution is -2.22. The SMILES string of the molecule is C=C(F)C(=O)NCc1cnn(Cc2cc(OC)c3c(NS(=O)(=O)c4cc(CC)ccc4OCc4nn[nH]n4)noc3c2)c1. The highest BCUT2D eigenvalue weighted by Gasteiger charge is 2.25. The van der Waals surface area contributed by atoms with E-state index in [0.717, 1.165) is 5.56 Å². The highest BCUT2D eigenvalue weighted by molar-refractivity contribution is 7.92. The van der Waals surface area contributed by atoms with Crippen LogP contribution in [0.2, 0.25) is 0 Å². The third kappa shape index (κ3) is 6.61. The third-order valence-electron chi connectivity index (χ3n) is 6.23. The smallest absolute Gasteiger partial charge is 0.279 e. The van der Waals surface area contributed by atoms with Crippen molar-refractivity contribution in [3.8, 4) is 11.5 Å². The number of rotatable bonds is 13. The number of aryl methyl sites for hydroxylation is 1. The molecule has 3 N–H and O–H groups in total. The Bertz CT molecular complexity index is 1890. The molecule has 15 nitrogen and oxygen atoms in total. The minimum absolute atomic E-state index is 0.0702. The lowest BCUT2D eigenvalue weighted by molar-refractivity contribution is -0.119. The van der Waals surface area contributed by atoms with Gasteiger partial charge in [0.1, 0.15) is 21.8 Å². The first-order valence-corrected chi connectivity index (χ1v) is 14.3. The molecule has 0 bridgehead atoms. The van der Waals surface area contributed by atoms with E-state index in [1.165, 1.54) is 19.4 Å². The standard InChI is InChI=1S/C26H26FN9O6S/c1-4-16-5-6-19(41-14-23-30-34-35-31-23)22(9-16)43(38,39)33-25-24-20(40-3)7-17(8-21(24)42-32-25)12-36-13-18(11-29-36)10-28-26(37)15(2)27/h5-9,11,13H,2,4,10,12,14H2,1,3H3,(H,28,37)(H,32,33)(H,30,31,34,35). The average molecular weight is 612 g/mol. The summed E-state index contributed by atoms with van der Waals surface area (Å²) in [6, 6.07) is 8.22. The van der Waals surface area contributed by atoms with Crippen LogP contribution >= 0.6 is 0 Å². The Morgan fingerprint density at radius 1 is 1.19 bits per heavy atom. The molecule has 0 aliphatic heterocycles. The maximum absolute atomic E-state index is 13.6. The number of sulfonamides is 1. The third-order valence-corrected chi connectivity index (χ3v) is 7.59. The van der Waals surface area contributed by atoms with Crippen LogP contribution in [0.15, 0.2) is 64.5 Å². The fraction of sp³-hybridized carbons (Fsp3) is 0.231. The van der Waals surface area contributed by atoms with Crippen molar-refractivity contribution in [2.24, 2.45) is 0 Å². The van der Waals surface area contributed by atoms with Gasteiger partial charge in [-0.1, -0.05) is 29.9 Å². The summed E-state index contributed by atoms with van der Waals surface area (Å²) in [4.78, 5) is 11.3. The fourth-order valence-electron chi connectivity index (χ4n) is 4.13. The van der Waals surface area contributed by atoms with Crippen molar-refractivity contribution in [1.29, 1.82) is 0 Å². The van der Waals surface area contributed by atoms with Crippen molar-refractivity contribution in [2.45, 2.75) is 37.9 Å². The predicted octanol–water partition coefficient (Wildman–Crippen LogP) is 2.64. The van der Waals surface area contributed by atoms with E-state index in [9.17, 15) is 17.6 Å². The quantitative estimate of drug-likeness (QED) is 0.166. The van der Waals surface area contributed by atoms with Crippen LogP contribution in [-0.2, 0) is 40.9 Å². The molecule has 224 valence electrons. The van der Waals surface area contributed by atoms with Gasteiger partial charge in [-0.3, -0.25) is 14.2 Å². The van der Waals surface area contributed by atoms with E-state index < -0.39 is 21.8 Å². The van der Waals surface area contributed by atoms with Crippen LogP contribution in [0.4, 0.5) is 10.2 Å². The molecule has 0 saturated carbocycles. The number of hydrogen-bond donors (Lipinski definition) is 3. The van der Waals surface area contributed by atoms with Crippen LogP contribution in [0.25, 0.3) is 11.0 Å². The number of carbonyl (C=O) groups excluding carboxylic acids is 1. The van der Waals surface area contributed by atoms with Crippen LogP contribution in [0.1, 0.15) is 29.4 Å². The van der Waals surface area contributed by atoms with Gasteiger partial charge in [0.15, 0.2) is 23.8 Å². The summed E-state index contributed by atoms with van der Waals surface area (Å²) < 4.78 is 60.9. The summed E-state index contributed by atoms with van der Waals surface area (Å²) in [7, 11) is -2.78. The number of aromatic amines is 1. The normalized spacial score (nSPS) is 11.4. The summed E-state index contributed by atoms with van der Waals surface area (Å²) in [5.41, 5.74) is 2.39. The van der Waals surface area contributed by atoms with Crippen LogP contribution < -0.4 is 19.5 Å². The van der Waals surface area contributed by atoms with Crippen molar-refractivity contribution < 1.29 is 31.6 Å². The maximum Gasteiger partial charge on any atom is 0.279 e. The summed E-state index contributed by atoms with van der Waals surface area (Å²) >= 11 is 0. The number of hydrogen-bond acceptors (Lipinski definition) is 11. The van der Waals surface area contributed by atoms with Gasteiger partial charge in [0.2, 0.25) is 5.82 Å². The van der Waals surface area contributed by atoms with Gasteiger partial charge in [-0.05, 0) is 41.8 Å². The number of anilines is 1. The van der Waals surface area contributed by atoms with E-state index >= 15 is 0 Å². The van der Waals surface area contributed by atoms with Gasteiger partial charge in [0.05, 0.1) is 19.9 Å². The Morgan fingerprint density at radius 3 is 2.74 bits per heavy atom. The fourth-order valence-corrected chi connectivity index (χ4v) is 5.33. The summed E-state index contributed by atoms with van der Waals surface area (Å²) in [5, 5.41) is 24.3. The van der Waals surface area contributed by atoms with Gasteiger partial charge in [-0.2, -0.15) is 10.3 Å². The van der Waals surface area contributed by atoms with Gasteiger partial charge in [0, 0.05) is 18.3 Å². The Balaban J connectivity index is 1.38. The van der Waals surface area contributed by atoms with Crippen molar-refractivity contribution in [3.05, 3.63) is 77.6 Å². The predicted molar refractivity (Wildman–Crippen MR) is 149 cm³/mol. The molecule has 3 heterocycles. The zero-order chi connectivity index (χ0) is 30.6. The lowest BCUT2D eigenvalue weighted by Gasteiger charge is -2.13. The molecule has 3 aromatic heterocycles. The number of tetrazole rings is 1. The monoisotopic (exact) mass is 611 g/mol. The number of nitrogens with one attached hydrogen (secondary N) is 3. The van der Waals surface area contributed by atoms with Crippen LogP contribution in [0.5, 0.6) is 11.5 Å². The molecule has 0 unspecified atom stereocenters. The average Bonchev–Trinajstić information content (AvgIpc) is 3.76. The number of methoxy groups -OCH3 is 1. The summed E-state index contributed by atoms with van der Waals surface area (Å²) in [5.74, 6) is -1.40. The molecule has 0 saturated heterocycles.